The molecule has 20 heavy (non-hydrogen) atoms. The maximum atomic E-state index is 11.9. The Kier molecular flexibility index (Phi) is 4.62. The Bertz CT molecular complexity index is 458. The highest BCUT2D eigenvalue weighted by atomic mass is 16.2. The molecule has 0 fully saturated rings. The van der Waals surface area contributed by atoms with E-state index in [-0.39, 0.29) is 18.1 Å². The van der Waals surface area contributed by atoms with Crippen molar-refractivity contribution in [2.24, 2.45) is 5.73 Å². The Morgan fingerprint density at radius 3 is 3.05 bits per heavy atom. The molecule has 7 nitrogen and oxygen atoms in total. The van der Waals surface area contributed by atoms with Crippen molar-refractivity contribution in [2.45, 2.75) is 25.9 Å². The molecule has 110 valence electrons. The average molecular weight is 279 g/mol. The first-order valence-electron chi connectivity index (χ1n) is 6.80. The van der Waals surface area contributed by atoms with Gasteiger partial charge in [0, 0.05) is 43.5 Å². The van der Waals surface area contributed by atoms with E-state index in [9.17, 15) is 9.59 Å². The fourth-order valence-electron chi connectivity index (χ4n) is 2.22. The van der Waals surface area contributed by atoms with Crippen LogP contribution in [-0.2, 0) is 4.79 Å². The minimum absolute atomic E-state index is 0.0486. The summed E-state index contributed by atoms with van der Waals surface area (Å²) in [5.74, 6) is -0.0486. The van der Waals surface area contributed by atoms with Gasteiger partial charge in [0.25, 0.3) is 0 Å². The van der Waals surface area contributed by atoms with Crippen LogP contribution in [0.25, 0.3) is 0 Å². The Hall–Kier alpha value is -2.02. The standard InChI is InChI=1S/C13H21N5O2/c1-9-7-10-8-18(13(20)17-12(10)16-9)6-2-5-15-11(19)3-4-14/h7-8,12,16H,2-6,14H2,1H3,(H,15,19)(H,17,20). The lowest BCUT2D eigenvalue weighted by molar-refractivity contribution is -0.120. The number of urea groups is 1. The quantitative estimate of drug-likeness (QED) is 0.496. The van der Waals surface area contributed by atoms with Crippen LogP contribution in [-0.4, -0.2) is 42.6 Å². The summed E-state index contributed by atoms with van der Waals surface area (Å²) < 4.78 is 0. The van der Waals surface area contributed by atoms with E-state index in [1.165, 1.54) is 0 Å². The van der Waals surface area contributed by atoms with Crippen LogP contribution in [0.3, 0.4) is 0 Å². The van der Waals surface area contributed by atoms with E-state index in [1.807, 2.05) is 19.2 Å². The molecule has 1 unspecified atom stereocenters. The summed E-state index contributed by atoms with van der Waals surface area (Å²) in [5, 5.41) is 8.82. The number of nitrogens with zero attached hydrogens (tertiary/aromatic N) is 1. The van der Waals surface area contributed by atoms with Crippen molar-refractivity contribution in [3.8, 4) is 0 Å². The van der Waals surface area contributed by atoms with E-state index >= 15 is 0 Å². The third-order valence-electron chi connectivity index (χ3n) is 3.19. The highest BCUT2D eigenvalue weighted by Gasteiger charge is 2.28. The lowest BCUT2D eigenvalue weighted by atomic mass is 10.2. The largest absolute Gasteiger partial charge is 0.365 e. The first-order valence-corrected chi connectivity index (χ1v) is 6.80. The second-order valence-corrected chi connectivity index (χ2v) is 4.92. The predicted molar refractivity (Wildman–Crippen MR) is 75.3 cm³/mol. The van der Waals surface area contributed by atoms with Crippen molar-refractivity contribution in [1.29, 1.82) is 0 Å². The molecule has 7 heteroatoms. The second kappa shape index (κ2) is 6.42. The zero-order valence-electron chi connectivity index (χ0n) is 11.6. The summed E-state index contributed by atoms with van der Waals surface area (Å²) >= 11 is 0. The molecule has 0 aromatic heterocycles. The molecule has 0 bridgehead atoms. The maximum absolute atomic E-state index is 11.9. The zero-order valence-corrected chi connectivity index (χ0v) is 11.6. The minimum Gasteiger partial charge on any atom is -0.365 e. The van der Waals surface area contributed by atoms with Crippen molar-refractivity contribution in [3.63, 3.8) is 0 Å². The molecule has 2 aliphatic heterocycles. The molecular formula is C13H21N5O2. The topological polar surface area (TPSA) is 99.5 Å². The van der Waals surface area contributed by atoms with Crippen molar-refractivity contribution >= 4 is 11.9 Å². The number of nitrogens with one attached hydrogen (secondary N) is 3. The van der Waals surface area contributed by atoms with Crippen LogP contribution in [0.15, 0.2) is 23.5 Å². The molecule has 0 aromatic carbocycles. The molecule has 0 saturated carbocycles. The summed E-state index contributed by atoms with van der Waals surface area (Å²) in [7, 11) is 0. The summed E-state index contributed by atoms with van der Waals surface area (Å²) in [4.78, 5) is 24.7. The van der Waals surface area contributed by atoms with Crippen LogP contribution in [0.5, 0.6) is 0 Å². The van der Waals surface area contributed by atoms with E-state index in [4.69, 9.17) is 5.73 Å². The fourth-order valence-corrected chi connectivity index (χ4v) is 2.22. The Morgan fingerprint density at radius 2 is 2.30 bits per heavy atom. The first kappa shape index (κ1) is 14.4. The summed E-state index contributed by atoms with van der Waals surface area (Å²) in [6.45, 7) is 3.43. The molecule has 2 heterocycles. The molecule has 2 rings (SSSR count). The van der Waals surface area contributed by atoms with Gasteiger partial charge in [-0.2, -0.15) is 0 Å². The van der Waals surface area contributed by atoms with Crippen molar-refractivity contribution in [2.75, 3.05) is 19.6 Å². The van der Waals surface area contributed by atoms with Gasteiger partial charge in [-0.1, -0.05) is 0 Å². The van der Waals surface area contributed by atoms with Gasteiger partial charge in [-0.3, -0.25) is 4.79 Å². The van der Waals surface area contributed by atoms with Crippen LogP contribution >= 0.6 is 0 Å². The number of hydrogen-bond donors (Lipinski definition) is 4. The third-order valence-corrected chi connectivity index (χ3v) is 3.19. The smallest absolute Gasteiger partial charge is 0.323 e. The lowest BCUT2D eigenvalue weighted by Crippen LogP contribution is -2.51. The van der Waals surface area contributed by atoms with Crippen molar-refractivity contribution < 1.29 is 9.59 Å². The summed E-state index contributed by atoms with van der Waals surface area (Å²) in [5.41, 5.74) is 7.38. The van der Waals surface area contributed by atoms with Gasteiger partial charge in [0.05, 0.1) is 0 Å². The molecule has 1 atom stereocenters. The van der Waals surface area contributed by atoms with Gasteiger partial charge >= 0.3 is 6.03 Å². The molecule has 3 amide bonds. The monoisotopic (exact) mass is 279 g/mol. The van der Waals surface area contributed by atoms with Gasteiger partial charge in [0.1, 0.15) is 6.17 Å². The SMILES string of the molecule is CC1=CC2=CN(CCCNC(=O)CCN)C(=O)NC2N1. The highest BCUT2D eigenvalue weighted by Crippen LogP contribution is 2.18. The minimum atomic E-state index is -0.123. The van der Waals surface area contributed by atoms with E-state index in [0.717, 1.165) is 11.3 Å². The number of amides is 3. The highest BCUT2D eigenvalue weighted by molar-refractivity contribution is 5.78. The average Bonchev–Trinajstić information content (AvgIpc) is 2.74. The molecule has 0 saturated heterocycles. The van der Waals surface area contributed by atoms with Gasteiger partial charge < -0.3 is 26.6 Å². The fraction of sp³-hybridized carbons (Fsp3) is 0.538. The molecule has 0 radical (unpaired) electrons. The van der Waals surface area contributed by atoms with Crippen LogP contribution in [0.1, 0.15) is 19.8 Å². The number of carbonyl (C=O) groups excluding carboxylic acids is 2. The number of rotatable bonds is 6. The molecule has 5 N–H and O–H groups in total. The van der Waals surface area contributed by atoms with Crippen molar-refractivity contribution in [1.82, 2.24) is 20.9 Å². The van der Waals surface area contributed by atoms with Gasteiger partial charge in [0.2, 0.25) is 5.91 Å². The lowest BCUT2D eigenvalue weighted by Gasteiger charge is -2.29. The zero-order chi connectivity index (χ0) is 14.5. The number of nitrogens with two attached hydrogens (primary N) is 1. The van der Waals surface area contributed by atoms with Crippen LogP contribution in [0.4, 0.5) is 4.79 Å². The molecule has 0 aliphatic carbocycles. The molecule has 2 aliphatic rings. The van der Waals surface area contributed by atoms with Gasteiger partial charge in [0.15, 0.2) is 0 Å². The predicted octanol–water partition coefficient (Wildman–Crippen LogP) is -0.416. The molecule has 0 spiro atoms. The summed E-state index contributed by atoms with van der Waals surface area (Å²) in [6, 6.07) is -0.123. The Labute approximate surface area is 118 Å². The van der Waals surface area contributed by atoms with Crippen LogP contribution in [0, 0.1) is 0 Å². The number of fused-ring (bicyclic) bond motifs is 1. The molecular weight excluding hydrogens is 258 g/mol. The van der Waals surface area contributed by atoms with Crippen LogP contribution in [0.2, 0.25) is 0 Å². The first-order chi connectivity index (χ1) is 9.60. The maximum Gasteiger partial charge on any atom is 0.323 e. The van der Waals surface area contributed by atoms with Gasteiger partial charge in [-0.15, -0.1) is 0 Å². The Morgan fingerprint density at radius 1 is 1.50 bits per heavy atom. The summed E-state index contributed by atoms with van der Waals surface area (Å²) in [6.07, 6.45) is 4.80. The second-order valence-electron chi connectivity index (χ2n) is 4.92. The number of allylic oxidation sites excluding steroid dienone is 1. The van der Waals surface area contributed by atoms with E-state index in [1.54, 1.807) is 4.90 Å². The van der Waals surface area contributed by atoms with Crippen LogP contribution < -0.4 is 21.7 Å². The number of hydrogen-bond acceptors (Lipinski definition) is 4. The third kappa shape index (κ3) is 3.51. The van der Waals surface area contributed by atoms with E-state index < -0.39 is 0 Å². The van der Waals surface area contributed by atoms with Gasteiger partial charge in [-0.25, -0.2) is 4.79 Å². The van der Waals surface area contributed by atoms with Crippen molar-refractivity contribution in [3.05, 3.63) is 23.5 Å². The van der Waals surface area contributed by atoms with Gasteiger partial charge in [-0.05, 0) is 19.4 Å². The van der Waals surface area contributed by atoms with E-state index in [2.05, 4.69) is 16.0 Å². The normalized spacial score (nSPS) is 20.6. The Balaban J connectivity index is 1.78. The number of carbonyl (C=O) groups is 2. The molecule has 0 aromatic rings. The van der Waals surface area contributed by atoms with E-state index in [0.29, 0.717) is 32.5 Å².